The molecule has 2 rings (SSSR count). The molecule has 1 fully saturated rings. The smallest absolute Gasteiger partial charge is 0.129 e. The minimum Gasteiger partial charge on any atom is -0.313 e. The van der Waals surface area contributed by atoms with Crippen LogP contribution in [-0.2, 0) is 5.41 Å². The van der Waals surface area contributed by atoms with Crippen LogP contribution < -0.4 is 5.32 Å². The molecule has 1 heterocycles. The number of halogens is 2. The lowest BCUT2D eigenvalue weighted by Crippen LogP contribution is -2.35. The van der Waals surface area contributed by atoms with Gasteiger partial charge in [0.1, 0.15) is 11.6 Å². The second-order valence-electron chi connectivity index (χ2n) is 4.47. The van der Waals surface area contributed by atoms with Gasteiger partial charge in [0.25, 0.3) is 0 Å². The van der Waals surface area contributed by atoms with E-state index in [0.29, 0.717) is 5.56 Å². The lowest BCUT2D eigenvalue weighted by atomic mass is 9.76. The average Bonchev–Trinajstić information content (AvgIpc) is 2.47. The van der Waals surface area contributed by atoms with Crippen molar-refractivity contribution in [2.45, 2.75) is 31.7 Å². The van der Waals surface area contributed by atoms with Gasteiger partial charge in [0.2, 0.25) is 0 Å². The monoisotopic (exact) mass is 211 g/mol. The number of hydrogen-bond acceptors (Lipinski definition) is 1. The van der Waals surface area contributed by atoms with Gasteiger partial charge in [0.15, 0.2) is 0 Å². The van der Waals surface area contributed by atoms with Crippen molar-refractivity contribution in [3.63, 3.8) is 0 Å². The van der Waals surface area contributed by atoms with Crippen LogP contribution in [0, 0.1) is 11.6 Å². The summed E-state index contributed by atoms with van der Waals surface area (Å²) in [5, 5.41) is 3.29. The highest BCUT2D eigenvalue weighted by molar-refractivity contribution is 5.30. The first kappa shape index (κ1) is 10.6. The van der Waals surface area contributed by atoms with E-state index < -0.39 is 11.6 Å². The maximum Gasteiger partial charge on any atom is 0.129 e. The average molecular weight is 211 g/mol. The molecule has 0 spiro atoms. The molecule has 2 atom stereocenters. The zero-order valence-corrected chi connectivity index (χ0v) is 8.98. The van der Waals surface area contributed by atoms with Gasteiger partial charge in [-0.1, -0.05) is 13.0 Å². The predicted molar refractivity (Wildman–Crippen MR) is 55.8 cm³/mol. The molecule has 1 N–H and O–H groups in total. The Morgan fingerprint density at radius 2 is 2.13 bits per heavy atom. The van der Waals surface area contributed by atoms with E-state index in [-0.39, 0.29) is 11.5 Å². The third-order valence-corrected chi connectivity index (χ3v) is 3.60. The molecule has 1 aliphatic heterocycles. The number of benzene rings is 1. The van der Waals surface area contributed by atoms with Crippen molar-refractivity contribution in [3.05, 3.63) is 35.4 Å². The fourth-order valence-electron chi connectivity index (χ4n) is 2.31. The molecule has 2 unspecified atom stereocenters. The van der Waals surface area contributed by atoms with Crippen LogP contribution in [0.2, 0.25) is 0 Å². The van der Waals surface area contributed by atoms with Gasteiger partial charge < -0.3 is 5.32 Å². The highest BCUT2D eigenvalue weighted by Crippen LogP contribution is 2.36. The van der Waals surface area contributed by atoms with E-state index in [4.69, 9.17) is 0 Å². The fourth-order valence-corrected chi connectivity index (χ4v) is 2.31. The molecule has 3 heteroatoms. The van der Waals surface area contributed by atoms with Crippen LogP contribution in [0.3, 0.4) is 0 Å². The van der Waals surface area contributed by atoms with Crippen molar-refractivity contribution >= 4 is 0 Å². The van der Waals surface area contributed by atoms with Crippen molar-refractivity contribution in [2.75, 3.05) is 6.54 Å². The Labute approximate surface area is 88.5 Å². The molecule has 0 radical (unpaired) electrons. The van der Waals surface area contributed by atoms with E-state index >= 15 is 0 Å². The van der Waals surface area contributed by atoms with Gasteiger partial charge in [-0.15, -0.1) is 0 Å². The van der Waals surface area contributed by atoms with Crippen LogP contribution in [0.5, 0.6) is 0 Å². The maximum absolute atomic E-state index is 13.7. The molecular weight excluding hydrogens is 196 g/mol. The van der Waals surface area contributed by atoms with Gasteiger partial charge in [-0.2, -0.15) is 0 Å². The highest BCUT2D eigenvalue weighted by Gasteiger charge is 2.38. The van der Waals surface area contributed by atoms with Gasteiger partial charge in [0, 0.05) is 17.5 Å². The Kier molecular flexibility index (Phi) is 2.51. The lowest BCUT2D eigenvalue weighted by Gasteiger charge is -2.29. The van der Waals surface area contributed by atoms with Crippen LogP contribution in [0.15, 0.2) is 18.2 Å². The van der Waals surface area contributed by atoms with Crippen LogP contribution in [0.1, 0.15) is 25.8 Å². The summed E-state index contributed by atoms with van der Waals surface area (Å²) >= 11 is 0. The second-order valence-corrected chi connectivity index (χ2v) is 4.47. The third kappa shape index (κ3) is 1.65. The normalized spacial score (nSPS) is 30.8. The molecule has 1 nitrogen and oxygen atoms in total. The van der Waals surface area contributed by atoms with Gasteiger partial charge >= 0.3 is 0 Å². The summed E-state index contributed by atoms with van der Waals surface area (Å²) in [5.74, 6) is -0.952. The first-order chi connectivity index (χ1) is 7.04. The highest BCUT2D eigenvalue weighted by atomic mass is 19.1. The summed E-state index contributed by atoms with van der Waals surface area (Å²) in [4.78, 5) is 0. The maximum atomic E-state index is 13.7. The summed E-state index contributed by atoms with van der Waals surface area (Å²) < 4.78 is 26.5. The van der Waals surface area contributed by atoms with Crippen LogP contribution >= 0.6 is 0 Å². The van der Waals surface area contributed by atoms with E-state index in [1.807, 2.05) is 13.8 Å². The van der Waals surface area contributed by atoms with Gasteiger partial charge in [-0.05, 0) is 31.5 Å². The van der Waals surface area contributed by atoms with Crippen LogP contribution in [0.25, 0.3) is 0 Å². The molecular formula is C12H15F2N. The van der Waals surface area contributed by atoms with Crippen molar-refractivity contribution in [3.8, 4) is 0 Å². The molecule has 0 aromatic heterocycles. The second kappa shape index (κ2) is 3.56. The molecule has 1 saturated heterocycles. The minimum absolute atomic E-state index is 0.220. The first-order valence-corrected chi connectivity index (χ1v) is 5.23. The van der Waals surface area contributed by atoms with Crippen LogP contribution in [-0.4, -0.2) is 12.6 Å². The van der Waals surface area contributed by atoms with Crippen molar-refractivity contribution in [1.29, 1.82) is 0 Å². The van der Waals surface area contributed by atoms with E-state index in [9.17, 15) is 8.78 Å². The molecule has 1 aliphatic rings. The molecule has 1 aromatic carbocycles. The van der Waals surface area contributed by atoms with Crippen LogP contribution in [0.4, 0.5) is 8.78 Å². The number of rotatable bonds is 1. The summed E-state index contributed by atoms with van der Waals surface area (Å²) in [6.45, 7) is 4.94. The first-order valence-electron chi connectivity index (χ1n) is 5.23. The Morgan fingerprint density at radius 1 is 1.40 bits per heavy atom. The Bertz CT molecular complexity index is 378. The van der Waals surface area contributed by atoms with Gasteiger partial charge in [-0.25, -0.2) is 8.78 Å². The number of nitrogens with one attached hydrogen (secondary N) is 1. The quantitative estimate of drug-likeness (QED) is 0.753. The molecule has 0 amide bonds. The zero-order chi connectivity index (χ0) is 11.1. The molecule has 15 heavy (non-hydrogen) atoms. The van der Waals surface area contributed by atoms with Crippen molar-refractivity contribution < 1.29 is 8.78 Å². The topological polar surface area (TPSA) is 12.0 Å². The van der Waals surface area contributed by atoms with E-state index in [2.05, 4.69) is 5.32 Å². The minimum atomic E-state index is -0.515. The standard InChI is InChI=1S/C12H15F2N/c1-8-12(2,5-6-15-8)10-4-3-9(13)7-11(10)14/h3-4,7-8,15H,5-6H2,1-2H3. The predicted octanol–water partition coefficient (Wildman–Crippen LogP) is 2.60. The lowest BCUT2D eigenvalue weighted by molar-refractivity contribution is 0.404. The van der Waals surface area contributed by atoms with Crippen molar-refractivity contribution in [1.82, 2.24) is 5.32 Å². The van der Waals surface area contributed by atoms with Gasteiger partial charge in [0.05, 0.1) is 0 Å². The summed E-state index contributed by atoms with van der Waals surface area (Å²) in [6, 6.07) is 4.08. The van der Waals surface area contributed by atoms with E-state index in [1.54, 1.807) is 6.07 Å². The Balaban J connectivity index is 2.44. The van der Waals surface area contributed by atoms with E-state index in [1.165, 1.54) is 6.07 Å². The summed E-state index contributed by atoms with van der Waals surface area (Å²) in [6.07, 6.45) is 0.886. The van der Waals surface area contributed by atoms with E-state index in [0.717, 1.165) is 19.0 Å². The molecule has 82 valence electrons. The SMILES string of the molecule is CC1NCCC1(C)c1ccc(F)cc1F. The largest absolute Gasteiger partial charge is 0.313 e. The number of hydrogen-bond donors (Lipinski definition) is 1. The zero-order valence-electron chi connectivity index (χ0n) is 8.98. The Morgan fingerprint density at radius 3 is 2.67 bits per heavy atom. The molecule has 0 aliphatic carbocycles. The fraction of sp³-hybridized carbons (Fsp3) is 0.500. The van der Waals surface area contributed by atoms with Crippen molar-refractivity contribution in [2.24, 2.45) is 0 Å². The summed E-state index contributed by atoms with van der Waals surface area (Å²) in [5.41, 5.74) is 0.388. The van der Waals surface area contributed by atoms with Gasteiger partial charge in [-0.3, -0.25) is 0 Å². The molecule has 0 saturated carbocycles. The summed E-state index contributed by atoms with van der Waals surface area (Å²) in [7, 11) is 0. The third-order valence-electron chi connectivity index (χ3n) is 3.60. The molecule has 1 aromatic rings. The Hall–Kier alpha value is -0.960. The molecule has 0 bridgehead atoms.